The van der Waals surface area contributed by atoms with Crippen molar-refractivity contribution in [3.8, 4) is 0 Å². The van der Waals surface area contributed by atoms with Gasteiger partial charge in [-0.15, -0.1) is 0 Å². The largest absolute Gasteiger partial charge is 0.416 e. The number of ketones is 1. The molecule has 1 N–H and O–H groups in total. The van der Waals surface area contributed by atoms with Gasteiger partial charge in [0.05, 0.1) is 5.56 Å². The number of unbranched alkanes of at least 4 members (excludes halogenated alkanes) is 1. The Hall–Kier alpha value is -2.14. The molecule has 1 saturated carbocycles. The zero-order chi connectivity index (χ0) is 21.6. The van der Waals surface area contributed by atoms with Gasteiger partial charge in [0.25, 0.3) is 0 Å². The van der Waals surface area contributed by atoms with Crippen molar-refractivity contribution in [3.05, 3.63) is 70.8 Å². The lowest BCUT2D eigenvalue weighted by atomic mass is 9.81. The molecule has 5 heteroatoms. The van der Waals surface area contributed by atoms with E-state index < -0.39 is 11.7 Å². The first-order valence-electron chi connectivity index (χ1n) is 10.8. The highest BCUT2D eigenvalue weighted by atomic mass is 19.4. The standard InChI is InChI=1S/C25H30F3NO/c1-18-8-10-20(11-9-18)24(30)7-2-3-16-29-23-14-12-19(13-15-23)21-5-4-6-22(17-21)25(26,27)28/h4-6,8-11,17,19,23,29H,2-3,7,12-16H2,1H3. The number of benzene rings is 2. The van der Waals surface area contributed by atoms with Crippen molar-refractivity contribution >= 4 is 5.78 Å². The molecule has 2 nitrogen and oxygen atoms in total. The predicted octanol–water partition coefficient (Wildman–Crippen LogP) is 6.68. The number of hydrogen-bond donors (Lipinski definition) is 1. The van der Waals surface area contributed by atoms with Crippen molar-refractivity contribution in [2.75, 3.05) is 6.54 Å². The molecule has 1 fully saturated rings. The van der Waals surface area contributed by atoms with Gasteiger partial charge in [-0.1, -0.05) is 48.0 Å². The minimum Gasteiger partial charge on any atom is -0.314 e. The minimum absolute atomic E-state index is 0.191. The van der Waals surface area contributed by atoms with Crippen molar-refractivity contribution in [1.29, 1.82) is 0 Å². The monoisotopic (exact) mass is 417 g/mol. The molecule has 2 aromatic rings. The number of carbonyl (C=O) groups excluding carboxylic acids is 1. The predicted molar refractivity (Wildman–Crippen MR) is 114 cm³/mol. The molecule has 1 aliphatic rings. The van der Waals surface area contributed by atoms with Crippen LogP contribution in [0.2, 0.25) is 0 Å². The Morgan fingerprint density at radius 1 is 1.00 bits per heavy atom. The van der Waals surface area contributed by atoms with Gasteiger partial charge < -0.3 is 5.32 Å². The number of aryl methyl sites for hydroxylation is 1. The molecule has 0 unspecified atom stereocenters. The van der Waals surface area contributed by atoms with Crippen LogP contribution in [0.15, 0.2) is 48.5 Å². The minimum atomic E-state index is -4.28. The van der Waals surface area contributed by atoms with Crippen LogP contribution in [0, 0.1) is 6.92 Å². The third kappa shape index (κ3) is 6.43. The molecule has 30 heavy (non-hydrogen) atoms. The Bertz CT molecular complexity index is 821. The summed E-state index contributed by atoms with van der Waals surface area (Å²) in [7, 11) is 0. The molecule has 0 amide bonds. The summed E-state index contributed by atoms with van der Waals surface area (Å²) in [6.07, 6.45) is 1.86. The number of Topliss-reactive ketones (excluding diaryl/α,β-unsaturated/α-hetero) is 1. The van der Waals surface area contributed by atoms with E-state index in [4.69, 9.17) is 0 Å². The van der Waals surface area contributed by atoms with Crippen molar-refractivity contribution in [2.45, 2.75) is 70.0 Å². The van der Waals surface area contributed by atoms with E-state index in [9.17, 15) is 18.0 Å². The third-order valence-corrected chi connectivity index (χ3v) is 6.05. The molecule has 0 atom stereocenters. The summed E-state index contributed by atoms with van der Waals surface area (Å²) in [5, 5.41) is 3.56. The highest BCUT2D eigenvalue weighted by Gasteiger charge is 2.31. The maximum absolute atomic E-state index is 12.9. The Morgan fingerprint density at radius 3 is 2.37 bits per heavy atom. The smallest absolute Gasteiger partial charge is 0.314 e. The van der Waals surface area contributed by atoms with Gasteiger partial charge in [0, 0.05) is 18.0 Å². The van der Waals surface area contributed by atoms with Crippen molar-refractivity contribution in [2.24, 2.45) is 0 Å². The molecule has 2 aromatic carbocycles. The summed E-state index contributed by atoms with van der Waals surface area (Å²) in [6.45, 7) is 2.88. The number of rotatable bonds is 8. The molecule has 1 aliphatic carbocycles. The van der Waals surface area contributed by atoms with Crippen molar-refractivity contribution < 1.29 is 18.0 Å². The Kier molecular flexibility index (Phi) is 7.70. The summed E-state index contributed by atoms with van der Waals surface area (Å²) in [5.41, 5.74) is 2.18. The van der Waals surface area contributed by atoms with Gasteiger partial charge in [-0.25, -0.2) is 0 Å². The Balaban J connectivity index is 1.34. The second kappa shape index (κ2) is 10.3. The lowest BCUT2D eigenvalue weighted by molar-refractivity contribution is -0.137. The zero-order valence-corrected chi connectivity index (χ0v) is 17.5. The fourth-order valence-corrected chi connectivity index (χ4v) is 4.20. The quantitative estimate of drug-likeness (QED) is 0.383. The Morgan fingerprint density at radius 2 is 1.70 bits per heavy atom. The Labute approximate surface area is 176 Å². The van der Waals surface area contributed by atoms with Crippen LogP contribution in [0.4, 0.5) is 13.2 Å². The average Bonchev–Trinajstić information content (AvgIpc) is 2.74. The molecule has 0 aliphatic heterocycles. The van der Waals surface area contributed by atoms with Gasteiger partial charge in [0.2, 0.25) is 0 Å². The van der Waals surface area contributed by atoms with E-state index >= 15 is 0 Å². The molecule has 0 bridgehead atoms. The maximum atomic E-state index is 12.9. The lowest BCUT2D eigenvalue weighted by Crippen LogP contribution is -2.33. The first-order chi connectivity index (χ1) is 14.3. The van der Waals surface area contributed by atoms with E-state index in [1.54, 1.807) is 0 Å². The average molecular weight is 418 g/mol. The van der Waals surface area contributed by atoms with Crippen LogP contribution in [0.25, 0.3) is 0 Å². The van der Waals surface area contributed by atoms with E-state index in [0.717, 1.165) is 67.8 Å². The van der Waals surface area contributed by atoms with E-state index in [1.807, 2.05) is 37.3 Å². The first kappa shape index (κ1) is 22.5. The summed E-state index contributed by atoms with van der Waals surface area (Å²) in [4.78, 5) is 12.2. The second-order valence-electron chi connectivity index (χ2n) is 8.37. The molecule has 0 saturated heterocycles. The summed E-state index contributed by atoms with van der Waals surface area (Å²) < 4.78 is 38.8. The number of nitrogens with one attached hydrogen (secondary N) is 1. The van der Waals surface area contributed by atoms with Gasteiger partial charge in [0.15, 0.2) is 5.78 Å². The van der Waals surface area contributed by atoms with Crippen molar-refractivity contribution in [3.63, 3.8) is 0 Å². The molecule has 0 heterocycles. The first-order valence-corrected chi connectivity index (χ1v) is 10.8. The molecule has 0 spiro atoms. The van der Waals surface area contributed by atoms with Crippen LogP contribution in [-0.2, 0) is 6.18 Å². The number of halogens is 3. The molecule has 0 radical (unpaired) electrons. The van der Waals surface area contributed by atoms with Crippen LogP contribution in [-0.4, -0.2) is 18.4 Å². The van der Waals surface area contributed by atoms with Gasteiger partial charge >= 0.3 is 6.18 Å². The van der Waals surface area contributed by atoms with Crippen LogP contribution < -0.4 is 5.32 Å². The number of hydrogen-bond acceptors (Lipinski definition) is 2. The van der Waals surface area contributed by atoms with Gasteiger partial charge in [-0.2, -0.15) is 13.2 Å². The van der Waals surface area contributed by atoms with Crippen LogP contribution in [0.1, 0.15) is 77.9 Å². The topological polar surface area (TPSA) is 29.1 Å². The van der Waals surface area contributed by atoms with E-state index in [1.165, 1.54) is 12.1 Å². The van der Waals surface area contributed by atoms with Crippen LogP contribution in [0.3, 0.4) is 0 Å². The third-order valence-electron chi connectivity index (χ3n) is 6.05. The fourth-order valence-electron chi connectivity index (χ4n) is 4.20. The second-order valence-corrected chi connectivity index (χ2v) is 8.37. The molecular formula is C25H30F3NO. The van der Waals surface area contributed by atoms with Crippen molar-refractivity contribution in [1.82, 2.24) is 5.32 Å². The SMILES string of the molecule is Cc1ccc(C(=O)CCCCNC2CCC(c3cccc(C(F)(F)F)c3)CC2)cc1. The highest BCUT2D eigenvalue weighted by molar-refractivity contribution is 5.96. The van der Waals surface area contributed by atoms with E-state index in [2.05, 4.69) is 5.32 Å². The van der Waals surface area contributed by atoms with Crippen LogP contribution >= 0.6 is 0 Å². The lowest BCUT2D eigenvalue weighted by Gasteiger charge is -2.30. The normalized spacial score (nSPS) is 19.6. The van der Waals surface area contributed by atoms with Gasteiger partial charge in [-0.3, -0.25) is 4.79 Å². The van der Waals surface area contributed by atoms with E-state index in [-0.39, 0.29) is 11.7 Å². The maximum Gasteiger partial charge on any atom is 0.416 e. The van der Waals surface area contributed by atoms with Gasteiger partial charge in [0.1, 0.15) is 0 Å². The number of alkyl halides is 3. The fraction of sp³-hybridized carbons (Fsp3) is 0.480. The summed E-state index contributed by atoms with van der Waals surface area (Å²) in [5.74, 6) is 0.397. The molecule has 162 valence electrons. The molecular weight excluding hydrogens is 387 g/mol. The summed E-state index contributed by atoms with van der Waals surface area (Å²) in [6, 6.07) is 13.9. The summed E-state index contributed by atoms with van der Waals surface area (Å²) >= 11 is 0. The number of carbonyl (C=O) groups is 1. The van der Waals surface area contributed by atoms with Crippen LogP contribution in [0.5, 0.6) is 0 Å². The zero-order valence-electron chi connectivity index (χ0n) is 17.5. The van der Waals surface area contributed by atoms with Gasteiger partial charge in [-0.05, 0) is 69.5 Å². The van der Waals surface area contributed by atoms with E-state index in [0.29, 0.717) is 12.5 Å². The molecule has 3 rings (SSSR count). The highest BCUT2D eigenvalue weighted by Crippen LogP contribution is 2.36. The molecule has 0 aromatic heterocycles.